The molecule has 2 rings (SSSR count). The third kappa shape index (κ3) is 3.10. The summed E-state index contributed by atoms with van der Waals surface area (Å²) in [5.74, 6) is 0.163. The molecule has 5 heteroatoms. The van der Waals surface area contributed by atoms with Gasteiger partial charge in [0.15, 0.2) is 0 Å². The molecule has 0 saturated carbocycles. The number of nitrogens with zero attached hydrogens (tertiary/aromatic N) is 3. The Morgan fingerprint density at radius 2 is 2.26 bits per heavy atom. The highest BCUT2D eigenvalue weighted by Crippen LogP contribution is 2.28. The summed E-state index contributed by atoms with van der Waals surface area (Å²) >= 11 is 0. The van der Waals surface area contributed by atoms with Crippen molar-refractivity contribution in [2.24, 2.45) is 0 Å². The second-order valence-corrected chi connectivity index (χ2v) is 5.67. The lowest BCUT2D eigenvalue weighted by atomic mass is 9.96. The van der Waals surface area contributed by atoms with Crippen molar-refractivity contribution in [2.45, 2.75) is 51.2 Å². The maximum Gasteiger partial charge on any atom is 0.240 e. The second kappa shape index (κ2) is 5.65. The summed E-state index contributed by atoms with van der Waals surface area (Å²) in [4.78, 5) is 22.9. The Labute approximate surface area is 114 Å². The Bertz CT molecular complexity index is 432. The van der Waals surface area contributed by atoms with Crippen molar-refractivity contribution < 1.29 is 4.79 Å². The van der Waals surface area contributed by atoms with Crippen LogP contribution in [0, 0.1) is 0 Å². The Balaban J connectivity index is 2.24. The molecule has 1 unspecified atom stereocenters. The molecule has 1 atom stereocenters. The summed E-state index contributed by atoms with van der Waals surface area (Å²) in [7, 11) is 1.85. The molecule has 0 aromatic carbocycles. The van der Waals surface area contributed by atoms with Crippen LogP contribution in [0.1, 0.15) is 38.8 Å². The second-order valence-electron chi connectivity index (χ2n) is 5.67. The van der Waals surface area contributed by atoms with E-state index in [1.807, 2.05) is 11.9 Å². The fraction of sp³-hybridized carbons (Fsp3) is 0.643. The first kappa shape index (κ1) is 13.9. The molecule has 0 aliphatic carbocycles. The average molecular weight is 262 g/mol. The largest absolute Gasteiger partial charge is 0.330 e. The molecule has 1 aliphatic heterocycles. The van der Waals surface area contributed by atoms with Crippen molar-refractivity contribution in [2.75, 3.05) is 7.05 Å². The van der Waals surface area contributed by atoms with Gasteiger partial charge in [-0.25, -0.2) is 0 Å². The molecule has 1 aromatic rings. The van der Waals surface area contributed by atoms with E-state index in [0.717, 1.165) is 25.0 Å². The number of amides is 1. The molecule has 1 fully saturated rings. The lowest BCUT2D eigenvalue weighted by Gasteiger charge is -2.38. The lowest BCUT2D eigenvalue weighted by Crippen LogP contribution is -2.51. The number of rotatable bonds is 3. The molecule has 1 N–H and O–H groups in total. The van der Waals surface area contributed by atoms with Gasteiger partial charge in [0.2, 0.25) is 5.91 Å². The fourth-order valence-electron chi connectivity index (χ4n) is 2.62. The van der Waals surface area contributed by atoms with Gasteiger partial charge in [-0.2, -0.15) is 0 Å². The number of aromatic nitrogens is 2. The average Bonchev–Trinajstić information content (AvgIpc) is 2.50. The molecule has 19 heavy (non-hydrogen) atoms. The van der Waals surface area contributed by atoms with E-state index in [1.54, 1.807) is 18.6 Å². The topological polar surface area (TPSA) is 58.1 Å². The van der Waals surface area contributed by atoms with Crippen LogP contribution in [0.15, 0.2) is 18.6 Å². The van der Waals surface area contributed by atoms with Gasteiger partial charge in [0, 0.05) is 17.9 Å². The van der Waals surface area contributed by atoms with Crippen LogP contribution >= 0.6 is 0 Å². The van der Waals surface area contributed by atoms with E-state index in [1.165, 1.54) is 0 Å². The van der Waals surface area contributed by atoms with Crippen LogP contribution in [0.5, 0.6) is 0 Å². The third-order valence-corrected chi connectivity index (χ3v) is 3.86. The molecular formula is C14H22N4O. The molecule has 1 amide bonds. The van der Waals surface area contributed by atoms with E-state index in [2.05, 4.69) is 29.1 Å². The van der Waals surface area contributed by atoms with Crippen molar-refractivity contribution >= 4 is 5.91 Å². The Hall–Kier alpha value is -1.49. The van der Waals surface area contributed by atoms with E-state index in [4.69, 9.17) is 0 Å². The summed E-state index contributed by atoms with van der Waals surface area (Å²) < 4.78 is 0. The summed E-state index contributed by atoms with van der Waals surface area (Å²) in [6.45, 7) is 4.77. The fourth-order valence-corrected chi connectivity index (χ4v) is 2.62. The van der Waals surface area contributed by atoms with Crippen molar-refractivity contribution in [3.63, 3.8) is 0 Å². The van der Waals surface area contributed by atoms with Gasteiger partial charge in [-0.05, 0) is 40.2 Å². The van der Waals surface area contributed by atoms with Gasteiger partial charge >= 0.3 is 0 Å². The van der Waals surface area contributed by atoms with Gasteiger partial charge in [0.05, 0.1) is 24.5 Å². The first-order valence-electron chi connectivity index (χ1n) is 6.78. The van der Waals surface area contributed by atoms with Gasteiger partial charge in [-0.1, -0.05) is 0 Å². The number of likely N-dealkylation sites (N-methyl/N-ethyl adjacent to an activating group) is 1. The van der Waals surface area contributed by atoms with Crippen molar-refractivity contribution in [1.29, 1.82) is 0 Å². The van der Waals surface area contributed by atoms with E-state index >= 15 is 0 Å². The highest BCUT2D eigenvalue weighted by atomic mass is 16.2. The molecule has 1 aromatic heterocycles. The smallest absolute Gasteiger partial charge is 0.240 e. The number of carbonyl (C=O) groups excluding carboxylic acids is 1. The standard InChI is InChI=1S/C14H22N4O/c1-14(2)6-4-5-12(15-3)13(19)18(14)10-11-9-16-7-8-17-11/h7-9,12,15H,4-6,10H2,1-3H3. The van der Waals surface area contributed by atoms with Gasteiger partial charge in [0.1, 0.15) is 0 Å². The molecule has 104 valence electrons. The van der Waals surface area contributed by atoms with Gasteiger partial charge in [0.25, 0.3) is 0 Å². The predicted octanol–water partition coefficient (Wildman–Crippen LogP) is 1.36. The first-order chi connectivity index (χ1) is 9.04. The number of likely N-dealkylation sites (tertiary alicyclic amines) is 1. The molecular weight excluding hydrogens is 240 g/mol. The van der Waals surface area contributed by atoms with E-state index in [-0.39, 0.29) is 17.5 Å². The highest BCUT2D eigenvalue weighted by Gasteiger charge is 2.37. The molecule has 1 aliphatic rings. The van der Waals surface area contributed by atoms with Gasteiger partial charge < -0.3 is 10.2 Å². The minimum atomic E-state index is -0.139. The van der Waals surface area contributed by atoms with Crippen LogP contribution < -0.4 is 5.32 Å². The molecule has 2 heterocycles. The maximum absolute atomic E-state index is 12.6. The zero-order valence-electron chi connectivity index (χ0n) is 11.9. The van der Waals surface area contributed by atoms with E-state index in [9.17, 15) is 4.79 Å². The molecule has 0 bridgehead atoms. The van der Waals surface area contributed by atoms with Gasteiger partial charge in [-0.15, -0.1) is 0 Å². The quantitative estimate of drug-likeness (QED) is 0.893. The summed E-state index contributed by atoms with van der Waals surface area (Å²) in [5.41, 5.74) is 0.695. The number of nitrogens with one attached hydrogen (secondary N) is 1. The van der Waals surface area contributed by atoms with Crippen molar-refractivity contribution in [3.8, 4) is 0 Å². The van der Waals surface area contributed by atoms with Crippen LogP contribution in [-0.2, 0) is 11.3 Å². The minimum absolute atomic E-state index is 0.0848. The molecule has 0 radical (unpaired) electrons. The van der Waals surface area contributed by atoms with Crippen LogP contribution in [0.3, 0.4) is 0 Å². The summed E-state index contributed by atoms with van der Waals surface area (Å²) in [6.07, 6.45) is 8.01. The zero-order chi connectivity index (χ0) is 13.9. The van der Waals surface area contributed by atoms with E-state index in [0.29, 0.717) is 6.54 Å². The summed E-state index contributed by atoms with van der Waals surface area (Å²) in [6, 6.07) is -0.0848. The van der Waals surface area contributed by atoms with Crippen LogP contribution in [0.2, 0.25) is 0 Å². The number of hydrogen-bond acceptors (Lipinski definition) is 4. The van der Waals surface area contributed by atoms with E-state index < -0.39 is 0 Å². The first-order valence-corrected chi connectivity index (χ1v) is 6.78. The van der Waals surface area contributed by atoms with Crippen molar-refractivity contribution in [3.05, 3.63) is 24.3 Å². The third-order valence-electron chi connectivity index (χ3n) is 3.86. The number of hydrogen-bond donors (Lipinski definition) is 1. The molecule has 1 saturated heterocycles. The van der Waals surface area contributed by atoms with Crippen molar-refractivity contribution in [1.82, 2.24) is 20.2 Å². The van der Waals surface area contributed by atoms with Crippen LogP contribution in [0.4, 0.5) is 0 Å². The minimum Gasteiger partial charge on any atom is -0.330 e. The molecule has 0 spiro atoms. The number of carbonyl (C=O) groups is 1. The van der Waals surface area contributed by atoms with Gasteiger partial charge in [-0.3, -0.25) is 14.8 Å². The Morgan fingerprint density at radius 1 is 1.47 bits per heavy atom. The highest BCUT2D eigenvalue weighted by molar-refractivity contribution is 5.82. The monoisotopic (exact) mass is 262 g/mol. The van der Waals surface area contributed by atoms with Crippen LogP contribution in [-0.4, -0.2) is 39.4 Å². The Kier molecular flexibility index (Phi) is 4.14. The Morgan fingerprint density at radius 3 is 2.89 bits per heavy atom. The predicted molar refractivity (Wildman–Crippen MR) is 73.4 cm³/mol. The van der Waals surface area contributed by atoms with Crippen LogP contribution in [0.25, 0.3) is 0 Å². The zero-order valence-corrected chi connectivity index (χ0v) is 11.9. The maximum atomic E-state index is 12.6. The summed E-state index contributed by atoms with van der Waals surface area (Å²) in [5, 5.41) is 3.12. The normalized spacial score (nSPS) is 23.2. The SMILES string of the molecule is CNC1CCCC(C)(C)N(Cc2cnccn2)C1=O. The molecule has 5 nitrogen and oxygen atoms in total. The lowest BCUT2D eigenvalue weighted by molar-refractivity contribution is -0.138.